The van der Waals surface area contributed by atoms with E-state index in [1.54, 1.807) is 24.1 Å². The van der Waals surface area contributed by atoms with Gasteiger partial charge in [-0.1, -0.05) is 36.4 Å². The fourth-order valence-corrected chi connectivity index (χ4v) is 12.2. The number of nitrogens with zero attached hydrogens (tertiary/aromatic N) is 4. The number of methoxy groups -OCH3 is 1. The number of nitrogens with one attached hydrogen (secondary N) is 1. The average molecular weight is 840 g/mol. The van der Waals surface area contributed by atoms with Gasteiger partial charge in [-0.15, -0.1) is 0 Å². The molecule has 7 aliphatic rings. The van der Waals surface area contributed by atoms with Crippen molar-refractivity contribution >= 4 is 29.1 Å². The second kappa shape index (κ2) is 15.3. The maximum Gasteiger partial charge on any atom is 0.255 e. The van der Waals surface area contributed by atoms with Gasteiger partial charge in [-0.05, 0) is 109 Å². The second-order valence-corrected chi connectivity index (χ2v) is 19.1. The predicted octanol–water partition coefficient (Wildman–Crippen LogP) is 6.74. The zero-order valence-electron chi connectivity index (χ0n) is 35.3. The van der Waals surface area contributed by atoms with E-state index in [1.165, 1.54) is 18.4 Å². The molecule has 11 rings (SSSR count). The van der Waals surface area contributed by atoms with Crippen molar-refractivity contribution in [3.05, 3.63) is 112 Å². The van der Waals surface area contributed by atoms with Crippen LogP contribution in [0.1, 0.15) is 95.0 Å². The van der Waals surface area contributed by atoms with Crippen LogP contribution in [-0.2, 0) is 22.6 Å². The van der Waals surface area contributed by atoms with E-state index in [0.717, 1.165) is 98.6 Å². The van der Waals surface area contributed by atoms with Crippen molar-refractivity contribution < 1.29 is 33.4 Å². The Kier molecular flexibility index (Phi) is 9.70. The summed E-state index contributed by atoms with van der Waals surface area (Å²) < 4.78 is 28.8. The monoisotopic (exact) mass is 839 g/mol. The van der Waals surface area contributed by atoms with Crippen LogP contribution in [0.5, 0.6) is 17.2 Å². The standard InChI is InChI=1S/C50H54FN5O6/c1-61-44-23-42(40(51)21-39(44)47-36(31-5-3-2-4-6-31)9-7-32-19-35(57)8-10-37(32)47)54-28-50(29-54)15-13-30(14-16-50)24-53-17-18-55-34(26-53)27-62-45-22-38-33(20-43(45)55)25-56(49(38)60)41-11-12-46(58)52-48(41)59/h2-6,8,10,19-23,30,34,36,41,47,57H,7,9,11-18,24-29H2,1H3,(H,52,58,59). The molecule has 11 nitrogen and oxygen atoms in total. The van der Waals surface area contributed by atoms with E-state index in [-0.39, 0.29) is 53.1 Å². The van der Waals surface area contributed by atoms with Crippen molar-refractivity contribution in [3.8, 4) is 17.2 Å². The molecular weight excluding hydrogens is 786 g/mol. The van der Waals surface area contributed by atoms with Gasteiger partial charge in [-0.25, -0.2) is 4.39 Å². The van der Waals surface area contributed by atoms with Crippen molar-refractivity contribution in [3.63, 3.8) is 0 Å². The highest BCUT2D eigenvalue weighted by Gasteiger charge is 2.47. The Hall–Kier alpha value is -5.62. The molecule has 2 aliphatic carbocycles. The summed E-state index contributed by atoms with van der Waals surface area (Å²) in [5.41, 5.74) is 7.65. The maximum absolute atomic E-state index is 16.4. The smallest absolute Gasteiger partial charge is 0.255 e. The Balaban J connectivity index is 0.715. The molecule has 12 heteroatoms. The third-order valence-electron chi connectivity index (χ3n) is 15.4. The van der Waals surface area contributed by atoms with Gasteiger partial charge >= 0.3 is 0 Å². The van der Waals surface area contributed by atoms with E-state index in [1.807, 2.05) is 30.3 Å². The molecule has 4 unspecified atom stereocenters. The van der Waals surface area contributed by atoms with Gasteiger partial charge in [0.2, 0.25) is 11.8 Å². The number of carbonyl (C=O) groups excluding carboxylic acids is 3. The third kappa shape index (κ3) is 6.76. The number of piperazine rings is 1. The molecule has 2 N–H and O–H groups in total. The van der Waals surface area contributed by atoms with Crippen LogP contribution < -0.4 is 24.6 Å². The predicted molar refractivity (Wildman–Crippen MR) is 233 cm³/mol. The zero-order valence-corrected chi connectivity index (χ0v) is 35.3. The molecule has 3 saturated heterocycles. The molecule has 4 fully saturated rings. The largest absolute Gasteiger partial charge is 0.508 e. The van der Waals surface area contributed by atoms with Crippen LogP contribution in [-0.4, -0.2) is 97.7 Å². The Morgan fingerprint density at radius 1 is 0.871 bits per heavy atom. The van der Waals surface area contributed by atoms with Gasteiger partial charge in [0.25, 0.3) is 5.91 Å². The maximum atomic E-state index is 16.4. The van der Waals surface area contributed by atoms with Crippen molar-refractivity contribution in [1.29, 1.82) is 0 Å². The number of rotatable bonds is 7. The molecule has 0 radical (unpaired) electrons. The number of aryl methyl sites for hydroxylation is 1. The molecule has 4 aromatic rings. The Bertz CT molecular complexity index is 2450. The Morgan fingerprint density at radius 2 is 1.69 bits per heavy atom. The highest BCUT2D eigenvalue weighted by Crippen LogP contribution is 2.52. The van der Waals surface area contributed by atoms with E-state index in [4.69, 9.17) is 9.47 Å². The minimum atomic E-state index is -0.637. The van der Waals surface area contributed by atoms with Gasteiger partial charge in [-0.2, -0.15) is 0 Å². The first-order chi connectivity index (χ1) is 30.1. The number of carbonyl (C=O) groups is 3. The molecule has 4 atom stereocenters. The Morgan fingerprint density at radius 3 is 2.48 bits per heavy atom. The summed E-state index contributed by atoms with van der Waals surface area (Å²) >= 11 is 0. The van der Waals surface area contributed by atoms with Crippen molar-refractivity contribution in [1.82, 2.24) is 15.1 Å². The summed E-state index contributed by atoms with van der Waals surface area (Å²) in [6.45, 7) is 6.46. The first kappa shape index (κ1) is 39.2. The lowest BCUT2D eigenvalue weighted by atomic mass is 9.65. The van der Waals surface area contributed by atoms with Gasteiger partial charge in [0.15, 0.2) is 0 Å². The summed E-state index contributed by atoms with van der Waals surface area (Å²) in [5, 5.41) is 12.7. The van der Waals surface area contributed by atoms with Gasteiger partial charge in [0.1, 0.15) is 35.7 Å². The van der Waals surface area contributed by atoms with Gasteiger partial charge < -0.3 is 29.3 Å². The number of phenolic OH excluding ortho intramolecular Hbond substituents is 1. The number of aromatic hydroxyl groups is 1. The molecule has 322 valence electrons. The Labute approximate surface area is 361 Å². The molecule has 0 aromatic heterocycles. The van der Waals surface area contributed by atoms with Gasteiger partial charge in [0.05, 0.1) is 24.5 Å². The second-order valence-electron chi connectivity index (χ2n) is 19.1. The summed E-state index contributed by atoms with van der Waals surface area (Å²) in [6, 6.07) is 23.3. The topological polar surface area (TPSA) is 115 Å². The molecule has 62 heavy (non-hydrogen) atoms. The number of hydrogen-bond acceptors (Lipinski definition) is 9. The molecule has 4 aromatic carbocycles. The normalized spacial score (nSPS) is 25.6. The van der Waals surface area contributed by atoms with Gasteiger partial charge in [0, 0.05) is 80.8 Å². The average Bonchev–Trinajstić information content (AvgIpc) is 3.59. The SMILES string of the molecule is COc1cc(N2CC3(CCC(CN4CCN5c6cc7c(cc6OCC5C4)C(=O)N(C4CCC(=O)NC4=O)C7)CC3)C2)c(F)cc1C1c2ccc(O)cc2CCC1c1ccccc1. The summed E-state index contributed by atoms with van der Waals surface area (Å²) in [7, 11) is 1.69. The quantitative estimate of drug-likeness (QED) is 0.196. The number of imide groups is 1. The molecule has 1 spiro atoms. The lowest BCUT2D eigenvalue weighted by Gasteiger charge is -2.55. The number of amides is 3. The lowest BCUT2D eigenvalue weighted by Crippen LogP contribution is -2.59. The van der Waals surface area contributed by atoms with E-state index in [9.17, 15) is 19.5 Å². The molecule has 5 heterocycles. The number of benzene rings is 4. The minimum absolute atomic E-state index is 0.102. The summed E-state index contributed by atoms with van der Waals surface area (Å²) in [4.78, 5) is 46.6. The van der Waals surface area contributed by atoms with Crippen LogP contribution in [0.2, 0.25) is 0 Å². The van der Waals surface area contributed by atoms with Crippen molar-refractivity contribution in [2.24, 2.45) is 11.3 Å². The van der Waals surface area contributed by atoms with E-state index in [2.05, 4.69) is 50.3 Å². The minimum Gasteiger partial charge on any atom is -0.508 e. The molecule has 3 amide bonds. The highest BCUT2D eigenvalue weighted by molar-refractivity contribution is 6.06. The number of anilines is 2. The fourth-order valence-electron chi connectivity index (χ4n) is 12.2. The van der Waals surface area contributed by atoms with Crippen molar-refractivity contribution in [2.75, 3.05) is 62.8 Å². The first-order valence-electron chi connectivity index (χ1n) is 22.6. The van der Waals surface area contributed by atoms with Crippen LogP contribution in [0.25, 0.3) is 0 Å². The highest BCUT2D eigenvalue weighted by atomic mass is 19.1. The van der Waals surface area contributed by atoms with Crippen LogP contribution in [0.15, 0.2) is 72.8 Å². The molecule has 1 saturated carbocycles. The summed E-state index contributed by atoms with van der Waals surface area (Å²) in [5.74, 6) is 1.29. The number of fused-ring (bicyclic) bond motifs is 5. The number of hydrogen-bond donors (Lipinski definition) is 2. The van der Waals surface area contributed by atoms with Crippen LogP contribution in [0, 0.1) is 17.2 Å². The van der Waals surface area contributed by atoms with Crippen LogP contribution >= 0.6 is 0 Å². The fraction of sp³-hybridized carbons (Fsp3) is 0.460. The first-order valence-corrected chi connectivity index (χ1v) is 22.6. The molecule has 5 aliphatic heterocycles. The molecule has 0 bridgehead atoms. The number of piperidine rings is 1. The van der Waals surface area contributed by atoms with Crippen LogP contribution in [0.3, 0.4) is 0 Å². The van der Waals surface area contributed by atoms with Gasteiger partial charge in [-0.3, -0.25) is 24.6 Å². The number of phenols is 1. The third-order valence-corrected chi connectivity index (χ3v) is 15.4. The van der Waals surface area contributed by atoms with Crippen molar-refractivity contribution in [2.45, 2.75) is 81.8 Å². The van der Waals surface area contributed by atoms with Crippen LogP contribution in [0.4, 0.5) is 15.8 Å². The number of halogens is 1. The molecular formula is C50H54FN5O6. The van der Waals surface area contributed by atoms with E-state index >= 15 is 4.39 Å². The zero-order chi connectivity index (χ0) is 42.3. The van der Waals surface area contributed by atoms with E-state index < -0.39 is 11.9 Å². The van der Waals surface area contributed by atoms with E-state index in [0.29, 0.717) is 42.5 Å². The summed E-state index contributed by atoms with van der Waals surface area (Å²) in [6.07, 6.45) is 6.96. The number of ether oxygens (including phenoxy) is 2. The lowest BCUT2D eigenvalue weighted by molar-refractivity contribution is -0.136.